The van der Waals surface area contributed by atoms with Crippen molar-refractivity contribution >= 4 is 11.9 Å². The first kappa shape index (κ1) is 24.0. The molecule has 1 saturated heterocycles. The molecule has 0 aliphatic carbocycles. The molecule has 186 valence electrons. The molecule has 1 fully saturated rings. The second-order valence-corrected chi connectivity index (χ2v) is 9.04. The Kier molecular flexibility index (Phi) is 6.57. The molecule has 4 heterocycles. The van der Waals surface area contributed by atoms with Gasteiger partial charge in [-0.05, 0) is 50.2 Å². The normalized spacial score (nSPS) is 16.4. The van der Waals surface area contributed by atoms with Crippen molar-refractivity contribution in [1.29, 1.82) is 5.26 Å². The minimum Gasteiger partial charge on any atom is -0.481 e. The predicted octanol–water partition coefficient (Wildman–Crippen LogP) is 2.77. The zero-order valence-electron chi connectivity index (χ0n) is 20.2. The molecule has 37 heavy (non-hydrogen) atoms. The summed E-state index contributed by atoms with van der Waals surface area (Å²) in [4.78, 5) is 26.9. The van der Waals surface area contributed by atoms with Crippen molar-refractivity contribution in [1.82, 2.24) is 34.8 Å². The molecule has 0 bridgehead atoms. The van der Waals surface area contributed by atoms with Gasteiger partial charge in [0.25, 0.3) is 0 Å². The van der Waals surface area contributed by atoms with Crippen LogP contribution in [0.5, 0.6) is 0 Å². The van der Waals surface area contributed by atoms with Crippen LogP contribution in [0.15, 0.2) is 54.7 Å². The van der Waals surface area contributed by atoms with E-state index >= 15 is 0 Å². The first-order valence-corrected chi connectivity index (χ1v) is 11.9. The van der Waals surface area contributed by atoms with Crippen LogP contribution in [0.1, 0.15) is 36.3 Å². The number of nitrogen functional groups attached to an aromatic ring is 1. The quantitative estimate of drug-likeness (QED) is 0.390. The minimum absolute atomic E-state index is 0.0116. The molecule has 0 saturated carbocycles. The van der Waals surface area contributed by atoms with Crippen LogP contribution >= 0.6 is 0 Å². The van der Waals surface area contributed by atoms with E-state index in [1.54, 1.807) is 35.1 Å². The lowest BCUT2D eigenvalue weighted by atomic mass is 10.1. The Hall–Kier alpha value is -4.69. The highest BCUT2D eigenvalue weighted by Gasteiger charge is 2.31. The largest absolute Gasteiger partial charge is 0.481 e. The molecular formula is C26H25N9O2. The number of carboxylic acid groups (broad SMARTS) is 1. The number of nitriles is 1. The van der Waals surface area contributed by atoms with Crippen LogP contribution in [0.25, 0.3) is 22.6 Å². The van der Waals surface area contributed by atoms with Crippen molar-refractivity contribution in [2.75, 3.05) is 18.8 Å². The second-order valence-electron chi connectivity index (χ2n) is 9.04. The van der Waals surface area contributed by atoms with Gasteiger partial charge in [-0.2, -0.15) is 5.26 Å². The summed E-state index contributed by atoms with van der Waals surface area (Å²) >= 11 is 0. The van der Waals surface area contributed by atoms with E-state index in [4.69, 9.17) is 10.7 Å². The summed E-state index contributed by atoms with van der Waals surface area (Å²) in [6.07, 6.45) is 2.42. The highest BCUT2D eigenvalue weighted by Crippen LogP contribution is 2.27. The standard InChI is InChI=1S/C26H25N9O2/c1-16(34-9-8-19(13-34)25(36)37)21-7-3-6-20(29-21)14-35-15-24(32-33-35)23-11-22(30-26(28)31-23)18-5-2-4-17(10-18)12-27/h2-7,10-11,15-16,19H,8-9,13-14H2,1H3,(H,36,37)(H2,28,30,31)/t16?,19-/m1/s1. The molecule has 11 nitrogen and oxygen atoms in total. The summed E-state index contributed by atoms with van der Waals surface area (Å²) in [6, 6.07) is 16.8. The topological polar surface area (TPSA) is 160 Å². The lowest BCUT2D eigenvalue weighted by Gasteiger charge is -2.23. The zero-order chi connectivity index (χ0) is 25.9. The summed E-state index contributed by atoms with van der Waals surface area (Å²) < 4.78 is 1.68. The third-order valence-electron chi connectivity index (χ3n) is 6.53. The van der Waals surface area contributed by atoms with Gasteiger partial charge in [-0.1, -0.05) is 23.4 Å². The van der Waals surface area contributed by atoms with Crippen molar-refractivity contribution in [3.05, 3.63) is 71.7 Å². The molecule has 0 spiro atoms. The summed E-state index contributed by atoms with van der Waals surface area (Å²) in [5.41, 5.74) is 10.6. The molecule has 2 atom stereocenters. The Morgan fingerprint density at radius 3 is 2.76 bits per heavy atom. The highest BCUT2D eigenvalue weighted by atomic mass is 16.4. The third kappa shape index (κ3) is 5.29. The van der Waals surface area contributed by atoms with Gasteiger partial charge in [0.2, 0.25) is 5.95 Å². The SMILES string of the molecule is CC(c1cccc(Cn2cc(-c3cc(-c4cccc(C#N)c4)nc(N)n3)nn2)n1)N1CC[C@@H](C(=O)O)C1. The number of aromatic nitrogens is 6. The van der Waals surface area contributed by atoms with E-state index in [0.717, 1.165) is 23.5 Å². The Balaban J connectivity index is 1.33. The monoisotopic (exact) mass is 495 g/mol. The fourth-order valence-corrected chi connectivity index (χ4v) is 4.50. The number of rotatable bonds is 7. The van der Waals surface area contributed by atoms with E-state index < -0.39 is 5.97 Å². The van der Waals surface area contributed by atoms with E-state index in [2.05, 4.69) is 31.2 Å². The molecule has 1 aromatic carbocycles. The van der Waals surface area contributed by atoms with Gasteiger partial charge in [0.15, 0.2) is 0 Å². The summed E-state index contributed by atoms with van der Waals surface area (Å²) in [5.74, 6) is -0.975. The van der Waals surface area contributed by atoms with E-state index in [9.17, 15) is 15.2 Å². The van der Waals surface area contributed by atoms with Gasteiger partial charge in [-0.25, -0.2) is 14.6 Å². The number of pyridine rings is 1. The van der Waals surface area contributed by atoms with Gasteiger partial charge >= 0.3 is 5.97 Å². The highest BCUT2D eigenvalue weighted by molar-refractivity contribution is 5.70. The molecule has 3 aromatic heterocycles. The Morgan fingerprint density at radius 2 is 1.97 bits per heavy atom. The fraction of sp³-hybridized carbons (Fsp3) is 0.269. The van der Waals surface area contributed by atoms with Gasteiger partial charge < -0.3 is 10.8 Å². The van der Waals surface area contributed by atoms with Gasteiger partial charge in [0.05, 0.1) is 53.1 Å². The van der Waals surface area contributed by atoms with E-state index in [1.165, 1.54) is 0 Å². The second kappa shape index (κ2) is 10.1. The molecule has 11 heteroatoms. The van der Waals surface area contributed by atoms with Crippen LogP contribution in [-0.2, 0) is 11.3 Å². The van der Waals surface area contributed by atoms with E-state index in [-0.39, 0.29) is 17.9 Å². The lowest BCUT2D eigenvalue weighted by molar-refractivity contribution is -0.141. The Labute approximate surface area is 213 Å². The molecule has 4 aromatic rings. The first-order chi connectivity index (χ1) is 17.9. The Morgan fingerprint density at radius 1 is 1.16 bits per heavy atom. The number of carboxylic acids is 1. The average Bonchev–Trinajstić information content (AvgIpc) is 3.59. The maximum absolute atomic E-state index is 11.3. The van der Waals surface area contributed by atoms with Crippen molar-refractivity contribution < 1.29 is 9.90 Å². The predicted molar refractivity (Wildman–Crippen MR) is 135 cm³/mol. The van der Waals surface area contributed by atoms with Gasteiger partial charge in [0.1, 0.15) is 5.69 Å². The molecule has 0 amide bonds. The molecular weight excluding hydrogens is 470 g/mol. The summed E-state index contributed by atoms with van der Waals surface area (Å²) in [7, 11) is 0. The van der Waals surface area contributed by atoms with Crippen molar-refractivity contribution in [3.8, 4) is 28.7 Å². The zero-order valence-corrected chi connectivity index (χ0v) is 20.2. The number of benzene rings is 1. The number of nitrogens with zero attached hydrogens (tertiary/aromatic N) is 8. The first-order valence-electron chi connectivity index (χ1n) is 11.9. The van der Waals surface area contributed by atoms with Crippen LogP contribution in [0.4, 0.5) is 5.95 Å². The summed E-state index contributed by atoms with van der Waals surface area (Å²) in [5, 5.41) is 27.0. The average molecular weight is 496 g/mol. The molecule has 5 rings (SSSR count). The van der Waals surface area contributed by atoms with Gasteiger partial charge in [-0.15, -0.1) is 5.10 Å². The maximum atomic E-state index is 11.3. The summed E-state index contributed by atoms with van der Waals surface area (Å²) in [6.45, 7) is 3.72. The van der Waals surface area contributed by atoms with Gasteiger partial charge in [-0.3, -0.25) is 14.7 Å². The third-order valence-corrected chi connectivity index (χ3v) is 6.53. The maximum Gasteiger partial charge on any atom is 0.307 e. The number of anilines is 1. The minimum atomic E-state index is -0.744. The van der Waals surface area contributed by atoms with Crippen LogP contribution in [-0.4, -0.2) is 59.0 Å². The van der Waals surface area contributed by atoms with Gasteiger partial charge in [0, 0.05) is 18.2 Å². The molecule has 3 N–H and O–H groups in total. The number of aliphatic carboxylic acids is 1. The van der Waals surface area contributed by atoms with Crippen LogP contribution < -0.4 is 5.73 Å². The van der Waals surface area contributed by atoms with E-state index in [1.807, 2.05) is 31.2 Å². The number of hydrogen-bond donors (Lipinski definition) is 2. The van der Waals surface area contributed by atoms with Crippen molar-refractivity contribution in [3.63, 3.8) is 0 Å². The van der Waals surface area contributed by atoms with Crippen LogP contribution in [0.2, 0.25) is 0 Å². The fourth-order valence-electron chi connectivity index (χ4n) is 4.50. The van der Waals surface area contributed by atoms with Crippen molar-refractivity contribution in [2.24, 2.45) is 5.92 Å². The number of hydrogen-bond acceptors (Lipinski definition) is 9. The smallest absolute Gasteiger partial charge is 0.307 e. The van der Waals surface area contributed by atoms with Crippen LogP contribution in [0, 0.1) is 17.2 Å². The number of nitrogens with two attached hydrogens (primary N) is 1. The van der Waals surface area contributed by atoms with E-state index in [0.29, 0.717) is 42.2 Å². The molecule has 1 aliphatic rings. The molecule has 1 aliphatic heterocycles. The van der Waals surface area contributed by atoms with Crippen molar-refractivity contribution in [2.45, 2.75) is 25.9 Å². The molecule has 0 radical (unpaired) electrons. The number of carbonyl (C=O) groups is 1. The lowest BCUT2D eigenvalue weighted by Crippen LogP contribution is -2.27. The molecule has 1 unspecified atom stereocenters. The Bertz CT molecular complexity index is 1490. The van der Waals surface area contributed by atoms with Crippen LogP contribution in [0.3, 0.4) is 0 Å². The number of likely N-dealkylation sites (tertiary alicyclic amines) is 1.